The summed E-state index contributed by atoms with van der Waals surface area (Å²) >= 11 is 0. The fourth-order valence-electron chi connectivity index (χ4n) is 1.05. The Morgan fingerprint density at radius 1 is 1.38 bits per heavy atom. The Kier molecular flexibility index (Phi) is 6.52. The molecule has 1 unspecified atom stereocenters. The highest BCUT2D eigenvalue weighted by atomic mass is 16.4. The number of nitriles is 1. The van der Waals surface area contributed by atoms with Crippen LogP contribution in [0.5, 0.6) is 0 Å². The molecule has 0 aliphatic rings. The summed E-state index contributed by atoms with van der Waals surface area (Å²) < 4.78 is 0. The molecule has 0 aromatic carbocycles. The highest BCUT2D eigenvalue weighted by Crippen LogP contribution is 1.98. The number of carbonyl (C=O) groups excluding carboxylic acids is 2. The lowest BCUT2D eigenvalue weighted by Crippen LogP contribution is -2.34. The molecule has 0 bridgehead atoms. The van der Waals surface area contributed by atoms with Crippen molar-refractivity contribution >= 4 is 17.7 Å². The summed E-state index contributed by atoms with van der Waals surface area (Å²) in [5.41, 5.74) is 0. The first-order chi connectivity index (χ1) is 7.49. The van der Waals surface area contributed by atoms with Crippen LogP contribution in [0.15, 0.2) is 0 Å². The predicted octanol–water partition coefficient (Wildman–Crippen LogP) is 0.0863. The minimum Gasteiger partial charge on any atom is -0.481 e. The average Bonchev–Trinajstić information content (AvgIpc) is 2.17. The van der Waals surface area contributed by atoms with E-state index in [1.54, 1.807) is 6.07 Å². The van der Waals surface area contributed by atoms with Crippen LogP contribution in [0.4, 0.5) is 0 Å². The number of hydrogen-bond acceptors (Lipinski definition) is 4. The zero-order valence-electron chi connectivity index (χ0n) is 9.02. The number of nitrogens with one attached hydrogen (secondary N) is 1. The Morgan fingerprint density at radius 3 is 2.44 bits per heavy atom. The summed E-state index contributed by atoms with van der Waals surface area (Å²) in [5, 5.41) is 19.3. The zero-order chi connectivity index (χ0) is 12.6. The number of aliphatic carboxylic acids is 1. The minimum atomic E-state index is -1.26. The van der Waals surface area contributed by atoms with Gasteiger partial charge in [-0.1, -0.05) is 0 Å². The molecule has 88 valence electrons. The Labute approximate surface area is 93.2 Å². The van der Waals surface area contributed by atoms with Gasteiger partial charge in [0, 0.05) is 13.0 Å². The van der Waals surface area contributed by atoms with E-state index in [0.29, 0.717) is 12.8 Å². The van der Waals surface area contributed by atoms with Gasteiger partial charge in [0.05, 0.1) is 6.07 Å². The normalized spacial score (nSPS) is 11.2. The standard InChI is InChI=1S/C10H14N2O4/c1-7(13)8(6-11)10(16)12-5-3-2-4-9(14)15/h8H,2-5H2,1H3,(H,12,16)(H,14,15). The third kappa shape index (κ3) is 5.75. The number of carbonyl (C=O) groups is 3. The number of unbranched alkanes of at least 4 members (excludes halogenated alkanes) is 1. The molecule has 0 rings (SSSR count). The first-order valence-corrected chi connectivity index (χ1v) is 4.88. The van der Waals surface area contributed by atoms with Crippen molar-refractivity contribution < 1.29 is 19.5 Å². The molecule has 1 atom stereocenters. The number of amides is 1. The first kappa shape index (κ1) is 14.1. The predicted molar refractivity (Wildman–Crippen MR) is 54.3 cm³/mol. The minimum absolute atomic E-state index is 0.0459. The maximum absolute atomic E-state index is 11.2. The van der Waals surface area contributed by atoms with Gasteiger partial charge in [-0.05, 0) is 19.8 Å². The van der Waals surface area contributed by atoms with Crippen LogP contribution in [-0.2, 0) is 14.4 Å². The quantitative estimate of drug-likeness (QED) is 0.472. The number of nitrogens with zero attached hydrogens (tertiary/aromatic N) is 1. The molecular formula is C10H14N2O4. The second kappa shape index (κ2) is 7.40. The molecule has 1 amide bonds. The zero-order valence-corrected chi connectivity index (χ0v) is 9.02. The van der Waals surface area contributed by atoms with Crippen molar-refractivity contribution in [1.29, 1.82) is 5.26 Å². The second-order valence-electron chi connectivity index (χ2n) is 3.31. The molecule has 0 aliphatic heterocycles. The van der Waals surface area contributed by atoms with E-state index >= 15 is 0 Å². The second-order valence-corrected chi connectivity index (χ2v) is 3.31. The smallest absolute Gasteiger partial charge is 0.303 e. The van der Waals surface area contributed by atoms with Crippen molar-refractivity contribution in [2.75, 3.05) is 6.54 Å². The fraction of sp³-hybridized carbons (Fsp3) is 0.600. The van der Waals surface area contributed by atoms with E-state index < -0.39 is 23.6 Å². The monoisotopic (exact) mass is 226 g/mol. The maximum Gasteiger partial charge on any atom is 0.303 e. The van der Waals surface area contributed by atoms with E-state index in [0.717, 1.165) is 0 Å². The number of Topliss-reactive ketones (excluding diaryl/α,β-unsaturated/α-hetero) is 1. The van der Waals surface area contributed by atoms with Crippen molar-refractivity contribution in [1.82, 2.24) is 5.32 Å². The van der Waals surface area contributed by atoms with Crippen LogP contribution in [0.25, 0.3) is 0 Å². The van der Waals surface area contributed by atoms with E-state index in [1.807, 2.05) is 0 Å². The van der Waals surface area contributed by atoms with E-state index in [9.17, 15) is 14.4 Å². The van der Waals surface area contributed by atoms with Gasteiger partial charge in [0.25, 0.3) is 0 Å². The third-order valence-electron chi connectivity index (χ3n) is 1.91. The summed E-state index contributed by atoms with van der Waals surface area (Å²) in [6.07, 6.45) is 1.01. The lowest BCUT2D eigenvalue weighted by atomic mass is 10.1. The Hall–Kier alpha value is -1.90. The molecule has 0 aromatic rings. The molecule has 0 aliphatic carbocycles. The Morgan fingerprint density at radius 2 is 2.00 bits per heavy atom. The SMILES string of the molecule is CC(=O)C(C#N)C(=O)NCCCCC(=O)O. The highest BCUT2D eigenvalue weighted by molar-refractivity contribution is 6.02. The third-order valence-corrected chi connectivity index (χ3v) is 1.91. The molecule has 0 saturated heterocycles. The van der Waals surface area contributed by atoms with Gasteiger partial charge in [0.15, 0.2) is 11.7 Å². The van der Waals surface area contributed by atoms with Crippen molar-refractivity contribution in [3.63, 3.8) is 0 Å². The summed E-state index contributed by atoms with van der Waals surface area (Å²) in [6.45, 7) is 1.45. The molecule has 2 N–H and O–H groups in total. The maximum atomic E-state index is 11.2. The Bertz CT molecular complexity index is 319. The fourth-order valence-corrected chi connectivity index (χ4v) is 1.05. The largest absolute Gasteiger partial charge is 0.481 e. The summed E-state index contributed by atoms with van der Waals surface area (Å²) in [7, 11) is 0. The van der Waals surface area contributed by atoms with Crippen molar-refractivity contribution in [3.8, 4) is 6.07 Å². The number of carboxylic acids is 1. The molecule has 6 nitrogen and oxygen atoms in total. The molecule has 0 aromatic heterocycles. The summed E-state index contributed by atoms with van der Waals surface area (Å²) in [5.74, 6) is -3.26. The molecule has 0 saturated carbocycles. The van der Waals surface area contributed by atoms with Crippen LogP contribution in [0, 0.1) is 17.2 Å². The van der Waals surface area contributed by atoms with Crippen molar-refractivity contribution in [2.24, 2.45) is 5.92 Å². The number of rotatable bonds is 7. The number of carboxylic acid groups (broad SMARTS) is 1. The van der Waals surface area contributed by atoms with Gasteiger partial charge in [-0.15, -0.1) is 0 Å². The molecule has 0 spiro atoms. The van der Waals surface area contributed by atoms with Gasteiger partial charge >= 0.3 is 5.97 Å². The molecule has 6 heteroatoms. The van der Waals surface area contributed by atoms with Crippen LogP contribution in [-0.4, -0.2) is 29.3 Å². The van der Waals surface area contributed by atoms with Crippen LogP contribution in [0.2, 0.25) is 0 Å². The van der Waals surface area contributed by atoms with Gasteiger partial charge < -0.3 is 10.4 Å². The molecular weight excluding hydrogens is 212 g/mol. The lowest BCUT2D eigenvalue weighted by Gasteiger charge is -2.06. The molecule has 0 fully saturated rings. The van der Waals surface area contributed by atoms with Gasteiger partial charge in [-0.2, -0.15) is 5.26 Å². The van der Waals surface area contributed by atoms with Crippen molar-refractivity contribution in [3.05, 3.63) is 0 Å². The van der Waals surface area contributed by atoms with Gasteiger partial charge in [-0.25, -0.2) is 0 Å². The van der Waals surface area contributed by atoms with Crippen molar-refractivity contribution in [2.45, 2.75) is 26.2 Å². The summed E-state index contributed by atoms with van der Waals surface area (Å²) in [4.78, 5) is 32.2. The van der Waals surface area contributed by atoms with Gasteiger partial charge in [0.2, 0.25) is 5.91 Å². The lowest BCUT2D eigenvalue weighted by molar-refractivity contribution is -0.137. The molecule has 16 heavy (non-hydrogen) atoms. The molecule has 0 radical (unpaired) electrons. The topological polar surface area (TPSA) is 107 Å². The van der Waals surface area contributed by atoms with Gasteiger partial charge in [-0.3, -0.25) is 14.4 Å². The van der Waals surface area contributed by atoms with Crippen LogP contribution >= 0.6 is 0 Å². The van der Waals surface area contributed by atoms with E-state index in [1.165, 1.54) is 6.92 Å². The van der Waals surface area contributed by atoms with E-state index in [4.69, 9.17) is 10.4 Å². The Balaban J connectivity index is 3.77. The number of hydrogen-bond donors (Lipinski definition) is 2. The van der Waals surface area contributed by atoms with E-state index in [-0.39, 0.29) is 13.0 Å². The summed E-state index contributed by atoms with van der Waals surface area (Å²) in [6, 6.07) is 1.60. The van der Waals surface area contributed by atoms with E-state index in [2.05, 4.69) is 5.32 Å². The average molecular weight is 226 g/mol. The van der Waals surface area contributed by atoms with Crippen LogP contribution in [0.1, 0.15) is 26.2 Å². The highest BCUT2D eigenvalue weighted by Gasteiger charge is 2.21. The molecule has 0 heterocycles. The number of ketones is 1. The van der Waals surface area contributed by atoms with Crippen LogP contribution < -0.4 is 5.32 Å². The first-order valence-electron chi connectivity index (χ1n) is 4.88. The van der Waals surface area contributed by atoms with Gasteiger partial charge in [0.1, 0.15) is 0 Å². The van der Waals surface area contributed by atoms with Crippen LogP contribution in [0.3, 0.4) is 0 Å².